The average Bonchev–Trinajstić information content (AvgIpc) is 2.25. The minimum atomic E-state index is -1.01. The van der Waals surface area contributed by atoms with Crippen LogP contribution in [0.5, 0.6) is 0 Å². The van der Waals surface area contributed by atoms with E-state index in [-0.39, 0.29) is 6.73 Å². The van der Waals surface area contributed by atoms with Crippen molar-refractivity contribution in [1.82, 2.24) is 4.90 Å². The predicted octanol–water partition coefficient (Wildman–Crippen LogP) is -0.119. The first kappa shape index (κ1) is 9.18. The van der Waals surface area contributed by atoms with Gasteiger partial charge >= 0.3 is 0 Å². The number of hydrogen-bond acceptors (Lipinski definition) is 3. The normalized spacial score (nSPS) is 26.1. The third kappa shape index (κ3) is 1.20. The summed E-state index contributed by atoms with van der Waals surface area (Å²) in [5, 5.41) is 18.3. The Morgan fingerprint density at radius 3 is 2.50 bits per heavy atom. The molecule has 1 aliphatic rings. The lowest BCUT2D eigenvalue weighted by Gasteiger charge is -2.43. The molecule has 14 heavy (non-hydrogen) atoms. The Morgan fingerprint density at radius 1 is 1.29 bits per heavy atom. The Bertz CT molecular complexity index is 338. The molecule has 4 heteroatoms. The van der Waals surface area contributed by atoms with Crippen LogP contribution in [0.25, 0.3) is 0 Å². The highest BCUT2D eigenvalue weighted by Crippen LogP contribution is 2.33. The highest BCUT2D eigenvalue weighted by Gasteiger charge is 2.46. The summed E-state index contributed by atoms with van der Waals surface area (Å²) < 4.78 is 0. The molecule has 1 saturated heterocycles. The minimum absolute atomic E-state index is 0.352. The van der Waals surface area contributed by atoms with Crippen LogP contribution < -0.4 is 0 Å². The first-order chi connectivity index (χ1) is 6.75. The number of carbonyl (C=O) groups is 1. The van der Waals surface area contributed by atoms with Gasteiger partial charge in [0.25, 0.3) is 5.91 Å². The highest BCUT2D eigenvalue weighted by molar-refractivity contribution is 5.88. The lowest BCUT2D eigenvalue weighted by atomic mass is 9.92. The lowest BCUT2D eigenvalue weighted by molar-refractivity contribution is -0.175. The second kappa shape index (κ2) is 3.40. The summed E-state index contributed by atoms with van der Waals surface area (Å²) in [6.07, 6.45) is -1.01. The lowest BCUT2D eigenvalue weighted by Crippen LogP contribution is -2.58. The molecule has 1 aliphatic heterocycles. The molecule has 0 spiro atoms. The second-order valence-corrected chi connectivity index (χ2v) is 3.25. The predicted molar refractivity (Wildman–Crippen MR) is 49.1 cm³/mol. The van der Waals surface area contributed by atoms with E-state index >= 15 is 0 Å². The number of hydrogen-bond donors (Lipinski definition) is 2. The van der Waals surface area contributed by atoms with Gasteiger partial charge in [0.05, 0.1) is 6.04 Å². The maximum absolute atomic E-state index is 11.1. The SMILES string of the molecule is O=C1[C@H](O)[C@H](c2ccccc2)N1CO. The number of rotatable bonds is 2. The van der Waals surface area contributed by atoms with Gasteiger partial charge in [-0.1, -0.05) is 30.3 Å². The summed E-state index contributed by atoms with van der Waals surface area (Å²) in [7, 11) is 0. The van der Waals surface area contributed by atoms with Gasteiger partial charge in [0.15, 0.2) is 6.10 Å². The van der Waals surface area contributed by atoms with Gasteiger partial charge in [0.1, 0.15) is 6.73 Å². The Morgan fingerprint density at radius 2 is 1.93 bits per heavy atom. The second-order valence-electron chi connectivity index (χ2n) is 3.25. The molecule has 2 atom stereocenters. The Balaban J connectivity index is 2.23. The summed E-state index contributed by atoms with van der Waals surface area (Å²) in [5.74, 6) is -0.415. The van der Waals surface area contributed by atoms with Crippen molar-refractivity contribution in [3.63, 3.8) is 0 Å². The van der Waals surface area contributed by atoms with Crippen LogP contribution in [0, 0.1) is 0 Å². The molecule has 1 aromatic carbocycles. The maximum Gasteiger partial charge on any atom is 0.256 e. The van der Waals surface area contributed by atoms with Crippen LogP contribution in [0.2, 0.25) is 0 Å². The first-order valence-electron chi connectivity index (χ1n) is 4.40. The number of nitrogens with zero attached hydrogens (tertiary/aromatic N) is 1. The van der Waals surface area contributed by atoms with Crippen molar-refractivity contribution in [3.8, 4) is 0 Å². The zero-order chi connectivity index (χ0) is 10.1. The van der Waals surface area contributed by atoms with Gasteiger partial charge in [-0.3, -0.25) is 4.79 Å². The van der Waals surface area contributed by atoms with E-state index in [1.807, 2.05) is 30.3 Å². The van der Waals surface area contributed by atoms with Gasteiger partial charge in [-0.25, -0.2) is 0 Å². The Hall–Kier alpha value is -1.39. The fourth-order valence-electron chi connectivity index (χ4n) is 1.70. The monoisotopic (exact) mass is 193 g/mol. The quantitative estimate of drug-likeness (QED) is 0.644. The van der Waals surface area contributed by atoms with Crippen molar-refractivity contribution >= 4 is 5.91 Å². The van der Waals surface area contributed by atoms with Crippen molar-refractivity contribution in [3.05, 3.63) is 35.9 Å². The highest BCUT2D eigenvalue weighted by atomic mass is 16.3. The van der Waals surface area contributed by atoms with E-state index in [9.17, 15) is 9.90 Å². The number of carbonyl (C=O) groups excluding carboxylic acids is 1. The number of likely N-dealkylation sites (tertiary alicyclic amines) is 1. The van der Waals surface area contributed by atoms with E-state index in [1.165, 1.54) is 4.90 Å². The molecular weight excluding hydrogens is 182 g/mol. The molecule has 0 radical (unpaired) electrons. The third-order valence-electron chi connectivity index (χ3n) is 2.46. The molecule has 0 bridgehead atoms. The van der Waals surface area contributed by atoms with Gasteiger partial charge < -0.3 is 15.1 Å². The van der Waals surface area contributed by atoms with Crippen LogP contribution >= 0.6 is 0 Å². The number of amides is 1. The van der Waals surface area contributed by atoms with Crippen LogP contribution in [-0.4, -0.2) is 33.9 Å². The van der Waals surface area contributed by atoms with Gasteiger partial charge in [0.2, 0.25) is 0 Å². The van der Waals surface area contributed by atoms with Crippen molar-refractivity contribution < 1.29 is 15.0 Å². The van der Waals surface area contributed by atoms with Crippen molar-refractivity contribution in [2.45, 2.75) is 12.1 Å². The molecule has 0 saturated carbocycles. The molecule has 0 aromatic heterocycles. The van der Waals surface area contributed by atoms with Crippen molar-refractivity contribution in [2.75, 3.05) is 6.73 Å². The molecular formula is C10H11NO3. The molecule has 1 heterocycles. The molecule has 4 nitrogen and oxygen atoms in total. The molecule has 1 aromatic rings. The molecule has 0 unspecified atom stereocenters. The van der Waals surface area contributed by atoms with E-state index in [0.29, 0.717) is 0 Å². The van der Waals surface area contributed by atoms with Crippen molar-refractivity contribution in [2.24, 2.45) is 0 Å². The van der Waals surface area contributed by atoms with E-state index < -0.39 is 18.1 Å². The zero-order valence-corrected chi connectivity index (χ0v) is 7.50. The largest absolute Gasteiger partial charge is 0.381 e. The van der Waals surface area contributed by atoms with Crippen LogP contribution in [0.3, 0.4) is 0 Å². The van der Waals surface area contributed by atoms with Gasteiger partial charge in [0, 0.05) is 0 Å². The average molecular weight is 193 g/mol. The number of aliphatic hydroxyl groups excluding tert-OH is 2. The molecule has 1 fully saturated rings. The van der Waals surface area contributed by atoms with Crippen LogP contribution in [0.4, 0.5) is 0 Å². The summed E-state index contributed by atoms with van der Waals surface area (Å²) in [6, 6.07) is 8.78. The number of aliphatic hydroxyl groups is 2. The van der Waals surface area contributed by atoms with Gasteiger partial charge in [-0.2, -0.15) is 0 Å². The van der Waals surface area contributed by atoms with Crippen LogP contribution in [0.15, 0.2) is 30.3 Å². The molecule has 0 aliphatic carbocycles. The van der Waals surface area contributed by atoms with Crippen LogP contribution in [-0.2, 0) is 4.79 Å². The first-order valence-corrected chi connectivity index (χ1v) is 4.40. The zero-order valence-electron chi connectivity index (χ0n) is 7.50. The smallest absolute Gasteiger partial charge is 0.256 e. The summed E-state index contributed by atoms with van der Waals surface area (Å²) in [5.41, 5.74) is 0.841. The maximum atomic E-state index is 11.1. The molecule has 1 amide bonds. The molecule has 74 valence electrons. The van der Waals surface area contributed by atoms with Crippen LogP contribution in [0.1, 0.15) is 11.6 Å². The minimum Gasteiger partial charge on any atom is -0.381 e. The van der Waals surface area contributed by atoms with E-state index in [0.717, 1.165) is 5.56 Å². The van der Waals surface area contributed by atoms with E-state index in [2.05, 4.69) is 0 Å². The third-order valence-corrected chi connectivity index (χ3v) is 2.46. The van der Waals surface area contributed by atoms with Crippen molar-refractivity contribution in [1.29, 1.82) is 0 Å². The fourth-order valence-corrected chi connectivity index (χ4v) is 1.70. The standard InChI is InChI=1S/C10H11NO3/c12-6-11-8(9(13)10(11)14)7-4-2-1-3-5-7/h1-5,8-9,12-13H,6H2/t8-,9+/m0/s1. The topological polar surface area (TPSA) is 60.8 Å². The van der Waals surface area contributed by atoms with E-state index in [4.69, 9.17) is 5.11 Å². The summed E-state index contributed by atoms with van der Waals surface area (Å²) in [4.78, 5) is 12.3. The molecule has 2 rings (SSSR count). The molecule has 2 N–H and O–H groups in total. The summed E-state index contributed by atoms with van der Waals surface area (Å²) in [6.45, 7) is -0.352. The van der Waals surface area contributed by atoms with Gasteiger partial charge in [-0.15, -0.1) is 0 Å². The Kier molecular flexibility index (Phi) is 2.23. The fraction of sp³-hybridized carbons (Fsp3) is 0.300. The number of β-lactam (4-membered cyclic amide) rings is 1. The van der Waals surface area contributed by atoms with Gasteiger partial charge in [-0.05, 0) is 5.56 Å². The number of benzene rings is 1. The Labute approximate surface area is 81.4 Å². The van der Waals surface area contributed by atoms with E-state index in [1.54, 1.807) is 0 Å². The summed E-state index contributed by atoms with van der Waals surface area (Å²) >= 11 is 0.